The topological polar surface area (TPSA) is 93.1 Å². The molecule has 1 N–H and O–H groups in total. The summed E-state index contributed by atoms with van der Waals surface area (Å²) in [6.07, 6.45) is -1.95. The molecule has 0 unspecified atom stereocenters. The summed E-state index contributed by atoms with van der Waals surface area (Å²) in [7, 11) is 0. The summed E-state index contributed by atoms with van der Waals surface area (Å²) >= 11 is 0. The molecule has 1 aliphatic rings. The van der Waals surface area contributed by atoms with Crippen molar-refractivity contribution in [3.63, 3.8) is 0 Å². The van der Waals surface area contributed by atoms with Gasteiger partial charge in [0.05, 0.1) is 23.3 Å². The lowest BCUT2D eigenvalue weighted by atomic mass is 10.0. The number of aromatic nitrogens is 4. The Kier molecular flexibility index (Phi) is 6.36. The van der Waals surface area contributed by atoms with Crippen LogP contribution in [0, 0.1) is 5.92 Å². The molecule has 1 aliphatic heterocycles. The fraction of sp³-hybridized carbons (Fsp3) is 0.348. The molecular formula is C23H23F3N6O2. The molecular weight excluding hydrogens is 449 g/mol. The second kappa shape index (κ2) is 9.24. The number of rotatable bonds is 6. The van der Waals surface area contributed by atoms with Gasteiger partial charge in [-0.2, -0.15) is 18.2 Å². The fourth-order valence-electron chi connectivity index (χ4n) is 3.58. The molecule has 3 aromatic rings. The zero-order valence-electron chi connectivity index (χ0n) is 18.7. The number of nitrogens with one attached hydrogen (secondary N) is 1. The third-order valence-corrected chi connectivity index (χ3v) is 5.57. The van der Waals surface area contributed by atoms with E-state index in [2.05, 4.69) is 25.3 Å². The summed E-state index contributed by atoms with van der Waals surface area (Å²) < 4.78 is 43.5. The van der Waals surface area contributed by atoms with Crippen LogP contribution >= 0.6 is 0 Å². The van der Waals surface area contributed by atoms with E-state index in [9.17, 15) is 18.0 Å². The van der Waals surface area contributed by atoms with Crippen LogP contribution in [-0.2, 0) is 10.9 Å². The highest BCUT2D eigenvalue weighted by atomic mass is 19.4. The lowest BCUT2D eigenvalue weighted by Crippen LogP contribution is -2.38. The first-order valence-corrected chi connectivity index (χ1v) is 10.7. The Labute approximate surface area is 194 Å². The molecule has 2 aromatic heterocycles. The van der Waals surface area contributed by atoms with Gasteiger partial charge in [-0.05, 0) is 36.6 Å². The Balaban J connectivity index is 1.47. The lowest BCUT2D eigenvalue weighted by molar-refractivity contribution is -0.137. The summed E-state index contributed by atoms with van der Waals surface area (Å²) in [4.78, 5) is 30.7. The number of halogens is 3. The quantitative estimate of drug-likeness (QED) is 0.533. The van der Waals surface area contributed by atoms with Crippen molar-refractivity contribution >= 4 is 18.0 Å². The van der Waals surface area contributed by atoms with Crippen LogP contribution in [0.25, 0.3) is 11.1 Å². The number of carbonyl (C=O) groups is 1. The van der Waals surface area contributed by atoms with Gasteiger partial charge < -0.3 is 10.1 Å². The van der Waals surface area contributed by atoms with Crippen LogP contribution in [0.3, 0.4) is 0 Å². The van der Waals surface area contributed by atoms with Gasteiger partial charge in [-0.15, -0.1) is 0 Å². The van der Waals surface area contributed by atoms with Crippen LogP contribution < -0.4 is 10.2 Å². The Morgan fingerprint density at radius 3 is 2.35 bits per heavy atom. The van der Waals surface area contributed by atoms with E-state index in [1.54, 1.807) is 18.3 Å². The summed E-state index contributed by atoms with van der Waals surface area (Å²) in [5.74, 6) is 0.635. The third-order valence-electron chi connectivity index (χ3n) is 5.57. The molecule has 1 saturated heterocycles. The Morgan fingerprint density at radius 2 is 1.74 bits per heavy atom. The monoisotopic (exact) mass is 472 g/mol. The van der Waals surface area contributed by atoms with Crippen molar-refractivity contribution < 1.29 is 22.7 Å². The number of anilines is 2. The van der Waals surface area contributed by atoms with Crippen molar-refractivity contribution in [3.05, 3.63) is 60.2 Å². The number of nitrogens with zero attached hydrogens (tertiary/aromatic N) is 5. The van der Waals surface area contributed by atoms with Gasteiger partial charge >= 0.3 is 12.3 Å². The zero-order valence-corrected chi connectivity index (χ0v) is 18.7. The molecule has 0 spiro atoms. The predicted octanol–water partition coefficient (Wildman–Crippen LogP) is 5.11. The first-order chi connectivity index (χ1) is 16.1. The molecule has 1 fully saturated rings. The molecule has 1 aromatic carbocycles. The maximum absolute atomic E-state index is 12.8. The Morgan fingerprint density at radius 1 is 1.03 bits per heavy atom. The largest absolute Gasteiger partial charge is 0.447 e. The van der Waals surface area contributed by atoms with Crippen LogP contribution in [0.2, 0.25) is 0 Å². The van der Waals surface area contributed by atoms with E-state index in [0.717, 1.165) is 12.1 Å². The van der Waals surface area contributed by atoms with Gasteiger partial charge in [0.25, 0.3) is 0 Å². The summed E-state index contributed by atoms with van der Waals surface area (Å²) in [5, 5.41) is 3.14. The summed E-state index contributed by atoms with van der Waals surface area (Å²) in [6.45, 7) is 6.12. The first-order valence-electron chi connectivity index (χ1n) is 10.7. The average Bonchev–Trinajstić information content (AvgIpc) is 3.20. The van der Waals surface area contributed by atoms with E-state index in [-0.39, 0.29) is 36.5 Å². The standard InChI is InChI=1S/C23H23F3N6O2/c1-13(2)19-11-34-22(33)32(19)21-29-12-28-20(31-21)30-14(3)18-9-6-16(10-27-18)15-4-7-17(8-5-15)23(24,25)26/h4-10,12-14,19H,11H2,1-3H3,(H,28,29,30,31)/t14-,19+/m0/s1. The Bertz CT molecular complexity index is 1150. The number of ether oxygens (including phenoxy) is 1. The molecule has 178 valence electrons. The molecule has 3 heterocycles. The zero-order chi connectivity index (χ0) is 24.5. The number of cyclic esters (lactones) is 1. The van der Waals surface area contributed by atoms with E-state index in [0.29, 0.717) is 16.8 Å². The van der Waals surface area contributed by atoms with Gasteiger partial charge in [-0.3, -0.25) is 4.98 Å². The molecule has 34 heavy (non-hydrogen) atoms. The smallest absolute Gasteiger partial charge is 0.417 e. The number of alkyl halides is 3. The van der Waals surface area contributed by atoms with Crippen LogP contribution in [0.15, 0.2) is 48.9 Å². The SMILES string of the molecule is CC(C)[C@H]1COC(=O)N1c1ncnc(N[C@@H](C)c2ccc(-c3ccc(C(F)(F)F)cc3)cn2)n1. The van der Waals surface area contributed by atoms with Crippen molar-refractivity contribution in [2.45, 2.75) is 39.0 Å². The van der Waals surface area contributed by atoms with Gasteiger partial charge in [0.2, 0.25) is 11.9 Å². The van der Waals surface area contributed by atoms with E-state index in [1.807, 2.05) is 20.8 Å². The van der Waals surface area contributed by atoms with Crippen molar-refractivity contribution in [2.75, 3.05) is 16.8 Å². The first kappa shape index (κ1) is 23.4. The number of benzene rings is 1. The van der Waals surface area contributed by atoms with Crippen molar-refractivity contribution in [1.82, 2.24) is 19.9 Å². The molecule has 0 saturated carbocycles. The highest BCUT2D eigenvalue weighted by molar-refractivity contribution is 5.88. The summed E-state index contributed by atoms with van der Waals surface area (Å²) in [5.41, 5.74) is 1.31. The Hall–Kier alpha value is -3.76. The molecule has 11 heteroatoms. The van der Waals surface area contributed by atoms with Crippen LogP contribution in [0.4, 0.5) is 29.9 Å². The van der Waals surface area contributed by atoms with Gasteiger partial charge in [0, 0.05) is 11.8 Å². The molecule has 8 nitrogen and oxygen atoms in total. The van der Waals surface area contributed by atoms with Crippen molar-refractivity contribution in [2.24, 2.45) is 5.92 Å². The number of hydrogen-bond donors (Lipinski definition) is 1. The molecule has 0 aliphatic carbocycles. The molecule has 0 bridgehead atoms. The van der Waals surface area contributed by atoms with E-state index in [4.69, 9.17) is 4.74 Å². The number of hydrogen-bond acceptors (Lipinski definition) is 7. The van der Waals surface area contributed by atoms with E-state index >= 15 is 0 Å². The highest BCUT2D eigenvalue weighted by Gasteiger charge is 2.38. The van der Waals surface area contributed by atoms with E-state index in [1.165, 1.54) is 23.4 Å². The van der Waals surface area contributed by atoms with Crippen LogP contribution in [0.1, 0.15) is 38.1 Å². The minimum absolute atomic E-state index is 0.158. The minimum atomic E-state index is -4.37. The van der Waals surface area contributed by atoms with Gasteiger partial charge in [-0.25, -0.2) is 19.7 Å². The molecule has 0 radical (unpaired) electrons. The number of carbonyl (C=O) groups excluding carboxylic acids is 1. The van der Waals surface area contributed by atoms with Crippen LogP contribution in [-0.4, -0.2) is 38.7 Å². The van der Waals surface area contributed by atoms with Gasteiger partial charge in [0.1, 0.15) is 12.9 Å². The highest BCUT2D eigenvalue weighted by Crippen LogP contribution is 2.31. The van der Waals surface area contributed by atoms with Crippen molar-refractivity contribution in [1.29, 1.82) is 0 Å². The van der Waals surface area contributed by atoms with Crippen LogP contribution in [0.5, 0.6) is 0 Å². The van der Waals surface area contributed by atoms with Gasteiger partial charge in [0.15, 0.2) is 0 Å². The predicted molar refractivity (Wildman–Crippen MR) is 119 cm³/mol. The lowest BCUT2D eigenvalue weighted by Gasteiger charge is -2.22. The second-order valence-corrected chi connectivity index (χ2v) is 8.28. The molecule has 1 amide bonds. The van der Waals surface area contributed by atoms with E-state index < -0.39 is 17.8 Å². The minimum Gasteiger partial charge on any atom is -0.447 e. The summed E-state index contributed by atoms with van der Waals surface area (Å²) in [6, 6.07) is 8.04. The molecule has 2 atom stereocenters. The average molecular weight is 472 g/mol. The number of pyridine rings is 1. The van der Waals surface area contributed by atoms with Gasteiger partial charge in [-0.1, -0.05) is 32.0 Å². The maximum atomic E-state index is 12.8. The molecule has 4 rings (SSSR count). The number of amides is 1. The fourth-order valence-corrected chi connectivity index (χ4v) is 3.58. The van der Waals surface area contributed by atoms with Crippen molar-refractivity contribution in [3.8, 4) is 11.1 Å². The second-order valence-electron chi connectivity index (χ2n) is 8.28. The maximum Gasteiger partial charge on any atom is 0.417 e. The normalized spacial score (nSPS) is 17.1. The third kappa shape index (κ3) is 4.92.